The Morgan fingerprint density at radius 2 is 1.60 bits per heavy atom. The molecule has 16 heteroatoms. The maximum absolute atomic E-state index is 14.3. The van der Waals surface area contributed by atoms with Crippen molar-refractivity contribution < 1.29 is 47.1 Å². The van der Waals surface area contributed by atoms with Gasteiger partial charge in [0.2, 0.25) is 35.4 Å². The van der Waals surface area contributed by atoms with Gasteiger partial charge in [-0.2, -0.15) is 0 Å². The van der Waals surface area contributed by atoms with Gasteiger partial charge in [-0.15, -0.1) is 0 Å². The van der Waals surface area contributed by atoms with Gasteiger partial charge in [-0.1, -0.05) is 32.3 Å². The van der Waals surface area contributed by atoms with Crippen molar-refractivity contribution in [3.05, 3.63) is 47.5 Å². The molecule has 55 heavy (non-hydrogen) atoms. The molecule has 7 atom stereocenters. The number of carbonyl (C=O) groups excluding carboxylic acids is 7. The Balaban J connectivity index is 1.44. The van der Waals surface area contributed by atoms with Crippen molar-refractivity contribution in [1.29, 1.82) is 0 Å². The first-order valence-electron chi connectivity index (χ1n) is 19.2. The van der Waals surface area contributed by atoms with E-state index in [0.29, 0.717) is 12.5 Å². The van der Waals surface area contributed by atoms with Crippen LogP contribution in [0.1, 0.15) is 77.7 Å². The number of nitrogens with one attached hydrogen (secondary N) is 3. The van der Waals surface area contributed by atoms with Gasteiger partial charge in [0.1, 0.15) is 54.5 Å². The van der Waals surface area contributed by atoms with Crippen LogP contribution in [-0.4, -0.2) is 119 Å². The molecule has 0 bridgehead atoms. The molecule has 0 radical (unpaired) electrons. The summed E-state index contributed by atoms with van der Waals surface area (Å²) in [4.78, 5) is 99.5. The molecule has 0 spiro atoms. The molecule has 300 valence electrons. The van der Waals surface area contributed by atoms with Crippen molar-refractivity contribution in [3.8, 4) is 0 Å². The van der Waals surface area contributed by atoms with Gasteiger partial charge in [0.05, 0.1) is 0 Å². The van der Waals surface area contributed by atoms with Crippen molar-refractivity contribution in [2.24, 2.45) is 11.8 Å². The highest BCUT2D eigenvalue weighted by atomic mass is 19.1. The van der Waals surface area contributed by atoms with Crippen LogP contribution in [0.4, 0.5) is 8.78 Å². The molecular weight excluding hydrogens is 718 g/mol. The second kappa shape index (κ2) is 18.2. The maximum Gasteiger partial charge on any atom is 0.328 e. The van der Waals surface area contributed by atoms with Crippen molar-refractivity contribution in [1.82, 2.24) is 30.7 Å². The van der Waals surface area contributed by atoms with Crippen LogP contribution in [0.2, 0.25) is 0 Å². The average Bonchev–Trinajstić information content (AvgIpc) is 3.80. The molecule has 14 nitrogen and oxygen atoms in total. The van der Waals surface area contributed by atoms with Crippen LogP contribution in [0.25, 0.3) is 0 Å². The van der Waals surface area contributed by atoms with Gasteiger partial charge < -0.3 is 35.4 Å². The second-order valence-electron chi connectivity index (χ2n) is 15.4. The van der Waals surface area contributed by atoms with E-state index in [1.165, 1.54) is 41.7 Å². The minimum absolute atomic E-state index is 0.0608. The summed E-state index contributed by atoms with van der Waals surface area (Å²) in [7, 11) is 1.42. The number of hydrogen-bond acceptors (Lipinski definition) is 8. The number of benzene rings is 1. The molecule has 4 aliphatic rings. The first-order chi connectivity index (χ1) is 26.1. The highest BCUT2D eigenvalue weighted by Crippen LogP contribution is 2.27. The number of ether oxygens (including phenoxy) is 1. The molecule has 0 unspecified atom stereocenters. The summed E-state index contributed by atoms with van der Waals surface area (Å²) in [6, 6.07) is -4.36. The van der Waals surface area contributed by atoms with Crippen LogP contribution in [0.15, 0.2) is 30.4 Å². The number of cyclic esters (lactones) is 1. The summed E-state index contributed by atoms with van der Waals surface area (Å²) in [5.41, 5.74) is 0.0608. The van der Waals surface area contributed by atoms with Crippen LogP contribution in [-0.2, 0) is 44.7 Å². The fraction of sp³-hybridized carbons (Fsp3) is 0.615. The average molecular weight is 771 g/mol. The molecule has 1 aliphatic carbocycles. The highest BCUT2D eigenvalue weighted by molar-refractivity contribution is 5.98. The Bertz CT molecular complexity index is 1660. The molecule has 3 heterocycles. The van der Waals surface area contributed by atoms with Crippen LogP contribution in [0.3, 0.4) is 0 Å². The highest BCUT2D eigenvalue weighted by Gasteiger charge is 2.44. The predicted octanol–water partition coefficient (Wildman–Crippen LogP) is 1.75. The number of allylic oxidation sites excluding steroid dienone is 1. The third-order valence-corrected chi connectivity index (χ3v) is 11.1. The summed E-state index contributed by atoms with van der Waals surface area (Å²) in [5, 5.41) is 7.84. The second-order valence-corrected chi connectivity index (χ2v) is 15.4. The predicted molar refractivity (Wildman–Crippen MR) is 194 cm³/mol. The topological polar surface area (TPSA) is 175 Å². The SMILES string of the molecule is C[C@@H]1C[C@H]2C(=O)OC[C@H](NC(=O)[C@H](Cc3cc(F)cc(F)c3)NC(=O)/C=C/C3CCCCC3)C(=O)N3CCC[C@H]3C(=O)N(C)[C@@H](C)C(=O)N[C@@H](C)C(=O)N2C1. The Hall–Kier alpha value is -4.89. The number of rotatable bonds is 7. The fourth-order valence-corrected chi connectivity index (χ4v) is 7.90. The third kappa shape index (κ3) is 10.3. The summed E-state index contributed by atoms with van der Waals surface area (Å²) >= 11 is 0. The van der Waals surface area contributed by atoms with E-state index < -0.39 is 95.9 Å². The lowest BCUT2D eigenvalue weighted by Crippen LogP contribution is -2.60. The number of halogens is 2. The molecule has 6 amide bonds. The molecule has 3 aliphatic heterocycles. The minimum atomic E-state index is -1.56. The van der Waals surface area contributed by atoms with Gasteiger partial charge in [-0.3, -0.25) is 28.8 Å². The number of amides is 6. The lowest BCUT2D eigenvalue weighted by atomic mass is 9.89. The van der Waals surface area contributed by atoms with Gasteiger partial charge in [0.15, 0.2) is 0 Å². The normalized spacial score (nSPS) is 28.1. The molecule has 4 fully saturated rings. The number of carbonyl (C=O) groups is 7. The van der Waals surface area contributed by atoms with E-state index in [2.05, 4.69) is 16.0 Å². The first-order valence-corrected chi connectivity index (χ1v) is 19.2. The summed E-state index contributed by atoms with van der Waals surface area (Å²) in [5.74, 6) is -6.46. The lowest BCUT2D eigenvalue weighted by molar-refractivity contribution is -0.158. The molecule has 1 saturated carbocycles. The number of esters is 1. The van der Waals surface area contributed by atoms with Crippen molar-refractivity contribution >= 4 is 41.4 Å². The Morgan fingerprint density at radius 1 is 0.909 bits per heavy atom. The van der Waals surface area contributed by atoms with Crippen molar-refractivity contribution in [2.75, 3.05) is 26.7 Å². The third-order valence-electron chi connectivity index (χ3n) is 11.1. The van der Waals surface area contributed by atoms with Gasteiger partial charge in [0.25, 0.3) is 0 Å². The van der Waals surface area contributed by atoms with Gasteiger partial charge in [0, 0.05) is 32.6 Å². The van der Waals surface area contributed by atoms with Crippen LogP contribution < -0.4 is 16.0 Å². The molecule has 5 rings (SSSR count). The monoisotopic (exact) mass is 770 g/mol. The molecule has 1 aromatic rings. The molecule has 0 aromatic heterocycles. The van der Waals surface area contributed by atoms with E-state index in [9.17, 15) is 42.3 Å². The molecular formula is C39H52F2N6O8. The van der Waals surface area contributed by atoms with E-state index >= 15 is 0 Å². The quantitative estimate of drug-likeness (QED) is 0.278. The van der Waals surface area contributed by atoms with Crippen LogP contribution >= 0.6 is 0 Å². The summed E-state index contributed by atoms with van der Waals surface area (Å²) in [6.07, 6.45) is 8.72. The number of hydrogen-bond donors (Lipinski definition) is 3. The van der Waals surface area contributed by atoms with E-state index in [1.807, 2.05) is 6.92 Å². The Morgan fingerprint density at radius 3 is 2.29 bits per heavy atom. The van der Waals surface area contributed by atoms with Crippen LogP contribution in [0, 0.1) is 23.5 Å². The van der Waals surface area contributed by atoms with E-state index in [-0.39, 0.29) is 49.8 Å². The minimum Gasteiger partial charge on any atom is -0.461 e. The zero-order valence-electron chi connectivity index (χ0n) is 31.9. The lowest BCUT2D eigenvalue weighted by Gasteiger charge is -2.34. The summed E-state index contributed by atoms with van der Waals surface area (Å²) < 4.78 is 34.1. The number of likely N-dealkylation sites (N-methyl/N-ethyl adjacent to an activating group) is 1. The Labute approximate surface area is 319 Å². The van der Waals surface area contributed by atoms with Gasteiger partial charge >= 0.3 is 5.97 Å². The zero-order valence-corrected chi connectivity index (χ0v) is 31.9. The first kappa shape index (κ1) is 41.3. The smallest absolute Gasteiger partial charge is 0.328 e. The summed E-state index contributed by atoms with van der Waals surface area (Å²) in [6.45, 7) is 4.50. The van der Waals surface area contributed by atoms with Gasteiger partial charge in [-0.05, 0) is 81.6 Å². The largest absolute Gasteiger partial charge is 0.461 e. The van der Waals surface area contributed by atoms with E-state index in [1.54, 1.807) is 6.08 Å². The van der Waals surface area contributed by atoms with Crippen molar-refractivity contribution in [2.45, 2.75) is 115 Å². The Kier molecular flexibility index (Phi) is 13.6. The number of nitrogens with zero attached hydrogens (tertiary/aromatic N) is 3. The van der Waals surface area contributed by atoms with E-state index in [4.69, 9.17) is 4.74 Å². The number of fused-ring (bicyclic) bond motifs is 2. The molecule has 3 N–H and O–H groups in total. The maximum atomic E-state index is 14.3. The fourth-order valence-electron chi connectivity index (χ4n) is 7.90. The van der Waals surface area contributed by atoms with Gasteiger partial charge in [-0.25, -0.2) is 13.6 Å². The zero-order chi connectivity index (χ0) is 40.0. The molecule has 3 saturated heterocycles. The standard InChI is InChI=1S/C39H52F2N6O8/c1-22-15-32-39(54)55-21-30(37(52)46-14-8-11-31(46)38(53)45(4)24(3)34(49)42-23(2)36(51)47(32)20-22)44-35(50)29(18-26-16-27(40)19-28(41)17-26)43-33(48)13-12-25-9-6-5-7-10-25/h12-13,16-17,19,22-25,29-32H,5-11,14-15,18,20-21H2,1-4H3,(H,42,49)(H,43,48)(H,44,50)/b13-12+/t22-,23+,24+,29+,30+,31+,32+/m1/s1. The molecule has 1 aromatic carbocycles. The van der Waals surface area contributed by atoms with Crippen molar-refractivity contribution in [3.63, 3.8) is 0 Å². The van der Waals surface area contributed by atoms with E-state index in [0.717, 1.165) is 44.2 Å². The van der Waals surface area contributed by atoms with Crippen LogP contribution in [0.5, 0.6) is 0 Å².